The van der Waals surface area contributed by atoms with Gasteiger partial charge in [-0.05, 0) is 74.3 Å². The first-order valence-electron chi connectivity index (χ1n) is 17.1. The predicted molar refractivity (Wildman–Crippen MR) is 191 cm³/mol. The van der Waals surface area contributed by atoms with Gasteiger partial charge in [0.25, 0.3) is 11.8 Å². The molecule has 1 atom stereocenters. The van der Waals surface area contributed by atoms with Crippen molar-refractivity contribution in [3.63, 3.8) is 0 Å². The third-order valence-electron chi connectivity index (χ3n) is 9.08. The van der Waals surface area contributed by atoms with E-state index >= 15 is 0 Å². The van der Waals surface area contributed by atoms with Gasteiger partial charge in [-0.15, -0.1) is 10.2 Å². The number of imide groups is 2. The number of fused-ring (bicyclic) bond motifs is 1. The number of hydrogen-bond donors (Lipinski definition) is 4. The molecular weight excluding hydrogens is 650 g/mol. The summed E-state index contributed by atoms with van der Waals surface area (Å²) in [5.74, 6) is -1.30. The summed E-state index contributed by atoms with van der Waals surface area (Å²) >= 11 is 0. The normalized spacial score (nSPS) is 15.6. The van der Waals surface area contributed by atoms with Crippen molar-refractivity contribution in [3.05, 3.63) is 95.1 Å². The van der Waals surface area contributed by atoms with Gasteiger partial charge in [-0.2, -0.15) is 0 Å². The van der Waals surface area contributed by atoms with Gasteiger partial charge in [0.1, 0.15) is 17.5 Å². The van der Waals surface area contributed by atoms with Crippen LogP contribution >= 0.6 is 0 Å². The Morgan fingerprint density at radius 1 is 0.922 bits per heavy atom. The number of carbonyl (C=O) groups is 4. The highest BCUT2D eigenvalue weighted by Gasteiger charge is 2.44. The van der Waals surface area contributed by atoms with Crippen LogP contribution in [0.15, 0.2) is 72.8 Å². The minimum absolute atomic E-state index is 0.0891. The molecule has 0 bridgehead atoms. The van der Waals surface area contributed by atoms with Gasteiger partial charge in [-0.25, -0.2) is 0 Å². The Hall–Kier alpha value is -5.82. The number of piperidine rings is 1. The molecule has 1 fully saturated rings. The number of aromatic hydroxyl groups is 1. The molecule has 3 aromatic carbocycles. The summed E-state index contributed by atoms with van der Waals surface area (Å²) < 4.78 is 5.92. The van der Waals surface area contributed by atoms with Crippen molar-refractivity contribution in [1.29, 1.82) is 0 Å². The molecule has 2 aliphatic heterocycles. The smallest absolute Gasteiger partial charge is 0.262 e. The van der Waals surface area contributed by atoms with Crippen LogP contribution in [0.3, 0.4) is 0 Å². The second kappa shape index (κ2) is 15.8. The first kappa shape index (κ1) is 35.0. The Morgan fingerprint density at radius 2 is 1.69 bits per heavy atom. The van der Waals surface area contributed by atoms with Gasteiger partial charge in [0.15, 0.2) is 11.6 Å². The van der Waals surface area contributed by atoms with Crippen molar-refractivity contribution in [3.8, 4) is 22.8 Å². The van der Waals surface area contributed by atoms with Crippen LogP contribution in [0.2, 0.25) is 0 Å². The molecule has 1 aromatic heterocycles. The molecular formula is C38H41N7O6. The van der Waals surface area contributed by atoms with E-state index in [-0.39, 0.29) is 35.5 Å². The molecule has 13 nitrogen and oxygen atoms in total. The number of ether oxygens (including phenoxy) is 1. The molecule has 3 heterocycles. The quantitative estimate of drug-likeness (QED) is 0.104. The van der Waals surface area contributed by atoms with Crippen molar-refractivity contribution in [2.24, 2.45) is 0 Å². The summed E-state index contributed by atoms with van der Waals surface area (Å²) in [4.78, 5) is 53.0. The lowest BCUT2D eigenvalue weighted by Crippen LogP contribution is -2.54. The van der Waals surface area contributed by atoms with Gasteiger partial charge in [0.05, 0.1) is 17.7 Å². The summed E-state index contributed by atoms with van der Waals surface area (Å²) in [5, 5.41) is 23.8. The summed E-state index contributed by atoms with van der Waals surface area (Å²) in [6.07, 6.45) is 3.91. The van der Waals surface area contributed by atoms with E-state index in [0.717, 1.165) is 48.5 Å². The van der Waals surface area contributed by atoms with Gasteiger partial charge in [0.2, 0.25) is 11.8 Å². The number of para-hydroxylation sites is 1. The average Bonchev–Trinajstić information content (AvgIpc) is 3.36. The largest absolute Gasteiger partial charge is 0.507 e. The lowest BCUT2D eigenvalue weighted by molar-refractivity contribution is -0.136. The number of unbranched alkanes of at least 4 members (excludes halogenated alkanes) is 2. The maximum atomic E-state index is 13.1. The predicted octanol–water partition coefficient (Wildman–Crippen LogP) is 4.17. The zero-order valence-corrected chi connectivity index (χ0v) is 28.4. The minimum Gasteiger partial charge on any atom is -0.507 e. The van der Waals surface area contributed by atoms with Crippen molar-refractivity contribution in [2.75, 3.05) is 37.8 Å². The van der Waals surface area contributed by atoms with Gasteiger partial charge in [-0.1, -0.05) is 42.8 Å². The molecule has 5 N–H and O–H groups in total. The number of anilines is 2. The lowest BCUT2D eigenvalue weighted by Gasteiger charge is -2.27. The van der Waals surface area contributed by atoms with Crippen LogP contribution < -0.4 is 21.1 Å². The molecule has 0 radical (unpaired) electrons. The fourth-order valence-corrected chi connectivity index (χ4v) is 6.30. The molecule has 1 saturated heterocycles. The molecule has 51 heavy (non-hydrogen) atoms. The second-order valence-electron chi connectivity index (χ2n) is 12.8. The molecule has 0 spiro atoms. The monoisotopic (exact) mass is 691 g/mol. The number of benzene rings is 3. The molecule has 6 rings (SSSR count). The van der Waals surface area contributed by atoms with E-state index in [1.54, 1.807) is 42.5 Å². The standard InChI is InChI=1S/C38H41N7O6/c1-44(23-25-11-9-24(10-12-25)17-20-51-33-22-30(42-43-35(33)39)28-7-3-4-8-32(28)46)19-6-2-5-18-40-26-13-14-27-29(21-26)38(50)45(37(27)49)31-15-16-34(47)41-36(31)48/h3-4,7-14,21-22,31,40,46H,2,5-6,15-20,23H2,1H3,(H2,39,43)(H,41,47,48). The van der Waals surface area contributed by atoms with Crippen molar-refractivity contribution in [1.82, 2.24) is 25.3 Å². The molecule has 264 valence electrons. The third-order valence-corrected chi connectivity index (χ3v) is 9.08. The van der Waals surface area contributed by atoms with Gasteiger partial charge in [-0.3, -0.25) is 29.4 Å². The average molecular weight is 692 g/mol. The number of rotatable bonds is 15. The highest BCUT2D eigenvalue weighted by Crippen LogP contribution is 2.31. The summed E-state index contributed by atoms with van der Waals surface area (Å²) in [6, 6.07) is 21.1. The van der Waals surface area contributed by atoms with E-state index in [9.17, 15) is 24.3 Å². The number of phenolic OH excluding ortho intramolecular Hbond substituents is 1. The SMILES string of the molecule is CN(CCCCCNc1ccc2c(c1)C(=O)N(C1CCC(=O)NC1=O)C2=O)Cc1ccc(CCOc2cc(-c3ccccc3O)nnc2N)cc1. The summed E-state index contributed by atoms with van der Waals surface area (Å²) in [5.41, 5.74) is 10.7. The number of aromatic nitrogens is 2. The number of hydrogen-bond acceptors (Lipinski definition) is 11. The van der Waals surface area contributed by atoms with Crippen molar-refractivity contribution in [2.45, 2.75) is 51.1 Å². The van der Waals surface area contributed by atoms with Crippen molar-refractivity contribution >= 4 is 35.1 Å². The summed E-state index contributed by atoms with van der Waals surface area (Å²) in [7, 11) is 2.11. The lowest BCUT2D eigenvalue weighted by atomic mass is 10.0. The van der Waals surface area contributed by atoms with Crippen LogP contribution in [0.25, 0.3) is 11.3 Å². The molecule has 4 amide bonds. The van der Waals surface area contributed by atoms with Crippen LogP contribution in [-0.4, -0.2) is 81.5 Å². The first-order chi connectivity index (χ1) is 24.7. The van der Waals surface area contributed by atoms with E-state index in [2.05, 4.69) is 57.0 Å². The van der Waals surface area contributed by atoms with Crippen LogP contribution in [0.1, 0.15) is 63.9 Å². The van der Waals surface area contributed by atoms with E-state index < -0.39 is 29.7 Å². The summed E-state index contributed by atoms with van der Waals surface area (Å²) in [6.45, 7) is 2.92. The maximum absolute atomic E-state index is 13.1. The topological polar surface area (TPSA) is 180 Å². The fourth-order valence-electron chi connectivity index (χ4n) is 6.30. The van der Waals surface area contributed by atoms with E-state index in [4.69, 9.17) is 10.5 Å². The zero-order chi connectivity index (χ0) is 35.9. The molecule has 13 heteroatoms. The Bertz CT molecular complexity index is 1930. The third kappa shape index (κ3) is 8.32. The van der Waals surface area contributed by atoms with Crippen LogP contribution in [0, 0.1) is 0 Å². The van der Waals surface area contributed by atoms with Gasteiger partial charge in [0, 0.05) is 43.2 Å². The van der Waals surface area contributed by atoms with E-state index in [0.29, 0.717) is 36.6 Å². The molecule has 0 aliphatic carbocycles. The van der Waals surface area contributed by atoms with E-state index in [1.807, 2.05) is 6.07 Å². The molecule has 0 saturated carbocycles. The highest BCUT2D eigenvalue weighted by atomic mass is 16.5. The minimum atomic E-state index is -0.972. The van der Waals surface area contributed by atoms with Crippen LogP contribution in [-0.2, 0) is 22.6 Å². The first-order valence-corrected chi connectivity index (χ1v) is 17.1. The Balaban J connectivity index is 0.882. The maximum Gasteiger partial charge on any atom is 0.262 e. The van der Waals surface area contributed by atoms with Crippen molar-refractivity contribution < 1.29 is 29.0 Å². The number of phenols is 1. The van der Waals surface area contributed by atoms with Crippen LogP contribution in [0.4, 0.5) is 11.5 Å². The van der Waals surface area contributed by atoms with Gasteiger partial charge < -0.3 is 25.8 Å². The number of nitrogen functional groups attached to an aromatic ring is 1. The molecule has 4 aromatic rings. The zero-order valence-electron chi connectivity index (χ0n) is 28.4. The second-order valence-corrected chi connectivity index (χ2v) is 12.8. The van der Waals surface area contributed by atoms with Crippen LogP contribution in [0.5, 0.6) is 11.5 Å². The number of nitrogens with one attached hydrogen (secondary N) is 2. The number of nitrogens with zero attached hydrogens (tertiary/aromatic N) is 4. The molecule has 2 aliphatic rings. The Labute approximate surface area is 295 Å². The van der Waals surface area contributed by atoms with Gasteiger partial charge >= 0.3 is 0 Å². The number of amides is 4. The Kier molecular flexibility index (Phi) is 10.9. The number of carbonyl (C=O) groups excluding carboxylic acids is 4. The van der Waals surface area contributed by atoms with E-state index in [1.165, 1.54) is 5.56 Å². The highest BCUT2D eigenvalue weighted by molar-refractivity contribution is 6.23. The fraction of sp³-hybridized carbons (Fsp3) is 0.316. The Morgan fingerprint density at radius 3 is 2.47 bits per heavy atom. The molecule has 1 unspecified atom stereocenters. The number of nitrogens with two attached hydrogens (primary N) is 1.